The molecule has 0 aromatic heterocycles. The predicted octanol–water partition coefficient (Wildman–Crippen LogP) is 7.75. The molecule has 1 aliphatic carbocycles. The van der Waals surface area contributed by atoms with Crippen molar-refractivity contribution in [2.75, 3.05) is 0 Å². The summed E-state index contributed by atoms with van der Waals surface area (Å²) >= 11 is 0. The Morgan fingerprint density at radius 2 is 1.61 bits per heavy atom. The van der Waals surface area contributed by atoms with E-state index in [1.165, 1.54) is 29.6 Å². The van der Waals surface area contributed by atoms with Gasteiger partial charge in [-0.05, 0) is 83.4 Å². The van der Waals surface area contributed by atoms with Gasteiger partial charge in [0.15, 0.2) is 0 Å². The molecule has 2 N–H and O–H groups in total. The highest BCUT2D eigenvalue weighted by Gasteiger charge is 2.36. The topological polar surface area (TPSA) is 24.1 Å². The van der Waals surface area contributed by atoms with E-state index in [2.05, 4.69) is 96.3 Å². The molecule has 0 bridgehead atoms. The van der Waals surface area contributed by atoms with Gasteiger partial charge in [0.2, 0.25) is 0 Å². The SMILES string of the molecule is C=CCC(/C=C/N/C=C/C=C(\C=C)C(C)C)N/C=C/C1=C(C=C)C(C)(C)CCC1(C)C. The molecule has 0 aliphatic heterocycles. The van der Waals surface area contributed by atoms with Gasteiger partial charge in [0.25, 0.3) is 0 Å². The third-order valence-electron chi connectivity index (χ3n) is 6.12. The lowest BCUT2D eigenvalue weighted by molar-refractivity contribution is 0.273. The standard InChI is InChI=1S/C29H44N2/c1-10-14-25(16-21-30-20-13-15-24(11-2)23(4)5)31-22-17-27-26(12-3)28(6,7)18-19-29(27,8)9/h10-13,15-17,20-23,25,30-31H,1-3,14,18-19H2,4-9H3/b20-13+,21-16+,22-17+,24-15+. The Morgan fingerprint density at radius 1 is 0.968 bits per heavy atom. The maximum absolute atomic E-state index is 4.10. The summed E-state index contributed by atoms with van der Waals surface area (Å²) in [6.07, 6.45) is 23.5. The Bertz CT molecular complexity index is 767. The average molecular weight is 421 g/mol. The van der Waals surface area contributed by atoms with Gasteiger partial charge in [-0.3, -0.25) is 0 Å². The fraction of sp³-hybridized carbons (Fsp3) is 0.448. The minimum atomic E-state index is 0.154. The number of hydrogen-bond acceptors (Lipinski definition) is 2. The van der Waals surface area contributed by atoms with Crippen molar-refractivity contribution >= 4 is 0 Å². The number of hydrogen-bond donors (Lipinski definition) is 2. The van der Waals surface area contributed by atoms with E-state index in [-0.39, 0.29) is 16.9 Å². The van der Waals surface area contributed by atoms with Crippen LogP contribution in [0.25, 0.3) is 0 Å². The van der Waals surface area contributed by atoms with Crippen molar-refractivity contribution in [2.24, 2.45) is 16.7 Å². The summed E-state index contributed by atoms with van der Waals surface area (Å²) in [6, 6.07) is 0.178. The Hall–Kier alpha value is -2.48. The summed E-state index contributed by atoms with van der Waals surface area (Å²) in [7, 11) is 0. The van der Waals surface area contributed by atoms with Crippen LogP contribution < -0.4 is 10.6 Å². The van der Waals surface area contributed by atoms with Crippen molar-refractivity contribution in [1.29, 1.82) is 0 Å². The molecule has 0 amide bonds. The smallest absolute Gasteiger partial charge is 0.0490 e. The van der Waals surface area contributed by atoms with Crippen molar-refractivity contribution in [3.05, 3.63) is 97.6 Å². The Kier molecular flexibility index (Phi) is 10.6. The summed E-state index contributed by atoms with van der Waals surface area (Å²) in [5.41, 5.74) is 4.28. The molecule has 1 rings (SSSR count). The molecule has 1 atom stereocenters. The normalized spacial score (nSPS) is 19.9. The van der Waals surface area contributed by atoms with Crippen LogP contribution in [0, 0.1) is 16.7 Å². The van der Waals surface area contributed by atoms with E-state index in [0.717, 1.165) is 6.42 Å². The lowest BCUT2D eigenvalue weighted by Crippen LogP contribution is -2.30. The molecule has 0 fully saturated rings. The zero-order valence-corrected chi connectivity index (χ0v) is 20.7. The Balaban J connectivity index is 2.83. The molecule has 2 heteroatoms. The number of nitrogens with one attached hydrogen (secondary N) is 2. The molecule has 170 valence electrons. The van der Waals surface area contributed by atoms with Gasteiger partial charge >= 0.3 is 0 Å². The molecule has 0 radical (unpaired) electrons. The molecule has 0 aromatic rings. The molecule has 0 aromatic carbocycles. The zero-order chi connectivity index (χ0) is 23.5. The van der Waals surface area contributed by atoms with E-state index in [0.29, 0.717) is 5.92 Å². The second kappa shape index (κ2) is 12.4. The van der Waals surface area contributed by atoms with Crippen molar-refractivity contribution in [1.82, 2.24) is 10.6 Å². The largest absolute Gasteiger partial charge is 0.384 e. The number of allylic oxidation sites excluding steroid dienone is 8. The van der Waals surface area contributed by atoms with Gasteiger partial charge in [0.1, 0.15) is 0 Å². The predicted molar refractivity (Wildman–Crippen MR) is 139 cm³/mol. The van der Waals surface area contributed by atoms with Crippen molar-refractivity contribution in [2.45, 2.75) is 66.8 Å². The van der Waals surface area contributed by atoms with E-state index in [4.69, 9.17) is 0 Å². The zero-order valence-electron chi connectivity index (χ0n) is 20.7. The molecule has 1 aliphatic rings. The van der Waals surface area contributed by atoms with Gasteiger partial charge in [0.05, 0.1) is 0 Å². The minimum absolute atomic E-state index is 0.154. The van der Waals surface area contributed by atoms with Gasteiger partial charge in [-0.1, -0.05) is 79.0 Å². The summed E-state index contributed by atoms with van der Waals surface area (Å²) in [4.78, 5) is 0. The summed E-state index contributed by atoms with van der Waals surface area (Å²) < 4.78 is 0. The highest BCUT2D eigenvalue weighted by Crippen LogP contribution is 2.49. The summed E-state index contributed by atoms with van der Waals surface area (Å²) in [6.45, 7) is 25.5. The minimum Gasteiger partial charge on any atom is -0.384 e. The quantitative estimate of drug-likeness (QED) is 0.249. The first-order chi connectivity index (χ1) is 14.6. The van der Waals surface area contributed by atoms with E-state index in [1.54, 1.807) is 0 Å². The molecule has 31 heavy (non-hydrogen) atoms. The molecular formula is C29H44N2. The fourth-order valence-corrected chi connectivity index (χ4v) is 3.90. The van der Waals surface area contributed by atoms with Crippen molar-refractivity contribution in [3.63, 3.8) is 0 Å². The van der Waals surface area contributed by atoms with Crippen molar-refractivity contribution in [3.8, 4) is 0 Å². The lowest BCUT2D eigenvalue weighted by atomic mass is 9.63. The highest BCUT2D eigenvalue weighted by atomic mass is 14.9. The third kappa shape index (κ3) is 8.28. The van der Waals surface area contributed by atoms with Crippen LogP contribution in [-0.2, 0) is 0 Å². The fourth-order valence-electron chi connectivity index (χ4n) is 3.90. The summed E-state index contributed by atoms with van der Waals surface area (Å²) in [5.74, 6) is 0.474. The van der Waals surface area contributed by atoms with Crippen LogP contribution >= 0.6 is 0 Å². The first-order valence-electron chi connectivity index (χ1n) is 11.4. The molecule has 0 saturated carbocycles. The maximum atomic E-state index is 4.10. The lowest BCUT2D eigenvalue weighted by Gasteiger charge is -2.42. The summed E-state index contributed by atoms with van der Waals surface area (Å²) in [5, 5.41) is 6.73. The Morgan fingerprint density at radius 3 is 2.16 bits per heavy atom. The molecule has 0 spiro atoms. The molecular weight excluding hydrogens is 376 g/mol. The number of rotatable bonds is 12. The highest BCUT2D eigenvalue weighted by molar-refractivity contribution is 5.42. The van der Waals surface area contributed by atoms with Gasteiger partial charge in [0, 0.05) is 12.2 Å². The van der Waals surface area contributed by atoms with Crippen LogP contribution in [0.3, 0.4) is 0 Å². The van der Waals surface area contributed by atoms with Crippen LogP contribution in [0.15, 0.2) is 97.6 Å². The van der Waals surface area contributed by atoms with E-state index >= 15 is 0 Å². The molecule has 2 nitrogen and oxygen atoms in total. The second-order valence-electron chi connectivity index (χ2n) is 9.84. The first kappa shape index (κ1) is 26.6. The Labute approximate surface area is 192 Å². The molecule has 0 saturated heterocycles. The second-order valence-corrected chi connectivity index (χ2v) is 9.84. The van der Waals surface area contributed by atoms with Crippen LogP contribution in [0.1, 0.15) is 60.8 Å². The van der Waals surface area contributed by atoms with Gasteiger partial charge < -0.3 is 10.6 Å². The third-order valence-corrected chi connectivity index (χ3v) is 6.12. The van der Waals surface area contributed by atoms with Crippen LogP contribution in [0.4, 0.5) is 0 Å². The van der Waals surface area contributed by atoms with E-state index in [9.17, 15) is 0 Å². The molecule has 0 heterocycles. The van der Waals surface area contributed by atoms with E-state index in [1.807, 2.05) is 36.7 Å². The monoisotopic (exact) mass is 420 g/mol. The maximum Gasteiger partial charge on any atom is 0.0490 e. The van der Waals surface area contributed by atoms with Crippen LogP contribution in [-0.4, -0.2) is 6.04 Å². The van der Waals surface area contributed by atoms with E-state index < -0.39 is 0 Å². The molecule has 1 unspecified atom stereocenters. The first-order valence-corrected chi connectivity index (χ1v) is 11.4. The van der Waals surface area contributed by atoms with Crippen molar-refractivity contribution < 1.29 is 0 Å². The van der Waals surface area contributed by atoms with Gasteiger partial charge in [-0.2, -0.15) is 0 Å². The van der Waals surface area contributed by atoms with Gasteiger partial charge in [-0.25, -0.2) is 0 Å². The van der Waals surface area contributed by atoms with Crippen LogP contribution in [0.2, 0.25) is 0 Å². The van der Waals surface area contributed by atoms with Gasteiger partial charge in [-0.15, -0.1) is 6.58 Å². The average Bonchev–Trinajstić information content (AvgIpc) is 2.70. The van der Waals surface area contributed by atoms with Crippen LogP contribution in [0.5, 0.6) is 0 Å².